The quantitative estimate of drug-likeness (QED) is 0.668. The zero-order valence-corrected chi connectivity index (χ0v) is 10.4. The van der Waals surface area contributed by atoms with E-state index in [1.807, 2.05) is 0 Å². The lowest BCUT2D eigenvalue weighted by Crippen LogP contribution is -2.45. The fourth-order valence-corrected chi connectivity index (χ4v) is 3.55. The van der Waals surface area contributed by atoms with Crippen LogP contribution in [0.3, 0.4) is 0 Å². The number of nitrogens with one attached hydrogen (secondary N) is 1. The monoisotopic (exact) mass is 263 g/mol. The lowest BCUT2D eigenvalue weighted by atomic mass is 9.83. The summed E-state index contributed by atoms with van der Waals surface area (Å²) in [5.41, 5.74) is 0. The van der Waals surface area contributed by atoms with Crippen molar-refractivity contribution in [2.24, 2.45) is 5.92 Å². The Bertz CT molecular complexity index is 392. The van der Waals surface area contributed by atoms with Crippen LogP contribution in [-0.4, -0.2) is 43.5 Å². The van der Waals surface area contributed by atoms with Crippen molar-refractivity contribution < 1.29 is 23.1 Å². The van der Waals surface area contributed by atoms with Crippen molar-refractivity contribution in [1.82, 2.24) is 5.32 Å². The summed E-state index contributed by atoms with van der Waals surface area (Å²) in [6.07, 6.45) is 3.70. The molecule has 17 heavy (non-hydrogen) atoms. The van der Waals surface area contributed by atoms with Crippen LogP contribution < -0.4 is 5.32 Å². The largest absolute Gasteiger partial charge is 0.480 e. The van der Waals surface area contributed by atoms with Crippen molar-refractivity contribution in [2.45, 2.75) is 37.0 Å². The number of hydrogen-bond acceptors (Lipinski definition) is 4. The molecule has 1 aliphatic carbocycles. The van der Waals surface area contributed by atoms with Crippen LogP contribution in [0.4, 0.5) is 0 Å². The van der Waals surface area contributed by atoms with Gasteiger partial charge in [-0.2, -0.15) is 0 Å². The summed E-state index contributed by atoms with van der Waals surface area (Å²) in [4.78, 5) is 21.3. The number of aliphatic carboxylic acids is 1. The number of carboxylic acid groups (broad SMARTS) is 1. The Balaban J connectivity index is 2.77. The molecular weight excluding hydrogens is 246 g/mol. The maximum atomic E-state index is 11.4. The molecule has 0 saturated heterocycles. The minimum atomic E-state index is -3.14. The van der Waals surface area contributed by atoms with Gasteiger partial charge in [0.25, 0.3) is 0 Å². The normalized spacial score (nSPS) is 27.1. The Kier molecular flexibility index (Phi) is 4.50. The van der Waals surface area contributed by atoms with Crippen molar-refractivity contribution in [3.8, 4) is 0 Å². The van der Waals surface area contributed by atoms with E-state index in [1.165, 1.54) is 6.26 Å². The lowest BCUT2D eigenvalue weighted by molar-refractivity contribution is -0.142. The number of sulfone groups is 1. The highest BCUT2D eigenvalue weighted by atomic mass is 32.2. The van der Waals surface area contributed by atoms with Gasteiger partial charge in [-0.05, 0) is 25.2 Å². The third-order valence-corrected chi connectivity index (χ3v) is 4.90. The van der Waals surface area contributed by atoms with Crippen molar-refractivity contribution >= 4 is 22.2 Å². The van der Waals surface area contributed by atoms with Crippen molar-refractivity contribution in [3.05, 3.63) is 0 Å². The fraction of sp³-hybridized carbons (Fsp3) is 0.800. The summed E-state index contributed by atoms with van der Waals surface area (Å²) in [6.45, 7) is 0. The molecule has 0 aromatic carbocycles. The van der Waals surface area contributed by atoms with E-state index in [4.69, 9.17) is 5.11 Å². The number of hydrogen-bond donors (Lipinski definition) is 2. The summed E-state index contributed by atoms with van der Waals surface area (Å²) in [7, 11) is -3.14. The van der Waals surface area contributed by atoms with Gasteiger partial charge in [-0.3, -0.25) is 4.79 Å². The molecule has 1 amide bonds. The molecule has 0 bridgehead atoms. The standard InChI is InChI=1S/C10H17NO5S/c1-17(15,16)8-4-2-3-7(5-8)9(10(13)14)11-6-12/h6-9H,2-5H2,1H3,(H,11,12)(H,13,14). The smallest absolute Gasteiger partial charge is 0.326 e. The predicted octanol–water partition coefficient (Wildman–Crippen LogP) is -0.211. The minimum absolute atomic E-state index is 0.302. The first-order chi connectivity index (χ1) is 7.86. The van der Waals surface area contributed by atoms with Gasteiger partial charge in [0.15, 0.2) is 0 Å². The van der Waals surface area contributed by atoms with Crippen molar-refractivity contribution in [2.75, 3.05) is 6.26 Å². The second-order valence-corrected chi connectivity index (χ2v) is 6.80. The third-order valence-electron chi connectivity index (χ3n) is 3.26. The molecule has 2 N–H and O–H groups in total. The van der Waals surface area contributed by atoms with Crippen LogP contribution in [0.15, 0.2) is 0 Å². The van der Waals surface area contributed by atoms with Gasteiger partial charge in [-0.15, -0.1) is 0 Å². The van der Waals surface area contributed by atoms with Gasteiger partial charge in [0.2, 0.25) is 6.41 Å². The van der Waals surface area contributed by atoms with E-state index in [0.717, 1.165) is 0 Å². The molecular formula is C10H17NO5S. The van der Waals surface area contributed by atoms with E-state index in [2.05, 4.69) is 5.32 Å². The van der Waals surface area contributed by atoms with Crippen molar-refractivity contribution in [3.63, 3.8) is 0 Å². The fourth-order valence-electron chi connectivity index (χ4n) is 2.36. The number of amides is 1. The Morgan fingerprint density at radius 1 is 1.47 bits per heavy atom. The average Bonchev–Trinajstić information content (AvgIpc) is 2.24. The highest BCUT2D eigenvalue weighted by Gasteiger charge is 2.35. The zero-order valence-electron chi connectivity index (χ0n) is 9.63. The second kappa shape index (κ2) is 5.48. The Labute approximate surface area is 100 Å². The van der Waals surface area contributed by atoms with Gasteiger partial charge >= 0.3 is 5.97 Å². The van der Waals surface area contributed by atoms with Crippen LogP contribution in [0, 0.1) is 5.92 Å². The SMILES string of the molecule is CS(=O)(=O)C1CCCC(C(NC=O)C(=O)O)C1. The summed E-state index contributed by atoms with van der Waals surface area (Å²) in [5.74, 6) is -1.43. The second-order valence-electron chi connectivity index (χ2n) is 4.48. The van der Waals surface area contributed by atoms with Crippen LogP contribution >= 0.6 is 0 Å². The third kappa shape index (κ3) is 3.69. The zero-order chi connectivity index (χ0) is 13.1. The molecule has 6 nitrogen and oxygen atoms in total. The molecule has 0 aromatic heterocycles. The van der Waals surface area contributed by atoms with Crippen molar-refractivity contribution in [1.29, 1.82) is 0 Å². The van der Waals surface area contributed by atoms with Crippen LogP contribution in [0.5, 0.6) is 0 Å². The number of carboxylic acids is 1. The highest BCUT2D eigenvalue weighted by molar-refractivity contribution is 7.91. The Morgan fingerprint density at radius 3 is 2.59 bits per heavy atom. The molecule has 0 spiro atoms. The van der Waals surface area contributed by atoms with Gasteiger partial charge in [0, 0.05) is 6.26 Å². The molecule has 0 aliphatic heterocycles. The summed E-state index contributed by atoms with van der Waals surface area (Å²) in [5, 5.41) is 10.7. The molecule has 1 saturated carbocycles. The van der Waals surface area contributed by atoms with E-state index >= 15 is 0 Å². The lowest BCUT2D eigenvalue weighted by Gasteiger charge is -2.31. The van der Waals surface area contributed by atoms with E-state index in [9.17, 15) is 18.0 Å². The molecule has 1 fully saturated rings. The van der Waals surface area contributed by atoms with Gasteiger partial charge < -0.3 is 10.4 Å². The first-order valence-corrected chi connectivity index (χ1v) is 7.43. The summed E-state index contributed by atoms with van der Waals surface area (Å²) >= 11 is 0. The van der Waals surface area contributed by atoms with Gasteiger partial charge in [-0.1, -0.05) is 6.42 Å². The van der Waals surface area contributed by atoms with Gasteiger partial charge in [0.05, 0.1) is 5.25 Å². The number of carbonyl (C=O) groups excluding carboxylic acids is 1. The van der Waals surface area contributed by atoms with E-state index < -0.39 is 27.1 Å². The first kappa shape index (κ1) is 14.0. The molecule has 3 unspecified atom stereocenters. The molecule has 0 radical (unpaired) electrons. The van der Waals surface area contributed by atoms with Gasteiger partial charge in [-0.25, -0.2) is 13.2 Å². The first-order valence-electron chi connectivity index (χ1n) is 5.47. The molecule has 1 aliphatic rings. The maximum Gasteiger partial charge on any atom is 0.326 e. The average molecular weight is 263 g/mol. The van der Waals surface area contributed by atoms with E-state index in [1.54, 1.807) is 0 Å². The molecule has 98 valence electrons. The van der Waals surface area contributed by atoms with E-state index in [-0.39, 0.29) is 5.92 Å². The summed E-state index contributed by atoms with van der Waals surface area (Å²) in [6, 6.07) is -0.989. The van der Waals surface area contributed by atoms with Crippen LogP contribution in [-0.2, 0) is 19.4 Å². The van der Waals surface area contributed by atoms with Crippen LogP contribution in [0.1, 0.15) is 25.7 Å². The topological polar surface area (TPSA) is 101 Å². The van der Waals surface area contributed by atoms with Gasteiger partial charge in [0.1, 0.15) is 15.9 Å². The molecule has 3 atom stereocenters. The molecule has 0 heterocycles. The molecule has 0 aromatic rings. The maximum absolute atomic E-state index is 11.4. The van der Waals surface area contributed by atoms with Crippen LogP contribution in [0.2, 0.25) is 0 Å². The predicted molar refractivity (Wildman–Crippen MR) is 61.2 cm³/mol. The molecule has 1 rings (SSSR count). The van der Waals surface area contributed by atoms with Crippen LogP contribution in [0.25, 0.3) is 0 Å². The number of rotatable bonds is 5. The minimum Gasteiger partial charge on any atom is -0.480 e. The highest BCUT2D eigenvalue weighted by Crippen LogP contribution is 2.30. The number of carbonyl (C=O) groups is 2. The molecule has 7 heteroatoms. The summed E-state index contributed by atoms with van der Waals surface area (Å²) < 4.78 is 22.9. The Morgan fingerprint density at radius 2 is 2.12 bits per heavy atom. The van der Waals surface area contributed by atoms with E-state index in [0.29, 0.717) is 32.1 Å². The Hall–Kier alpha value is -1.11.